The Hall–Kier alpha value is -1.72. The van der Waals surface area contributed by atoms with Gasteiger partial charge in [0.15, 0.2) is 0 Å². The van der Waals surface area contributed by atoms with E-state index in [1.165, 1.54) is 14.0 Å². The minimum Gasteiger partial charge on any atom is -0.494 e. The summed E-state index contributed by atoms with van der Waals surface area (Å²) in [6.07, 6.45) is -2.79. The number of hydrogen-bond donors (Lipinski definition) is 1. The first kappa shape index (κ1) is 11.4. The van der Waals surface area contributed by atoms with Crippen LogP contribution in [0.1, 0.15) is 28.2 Å². The SMILES string of the molecule is COc1c(C(F)F)cc(C(=O)O)nc1C. The number of methoxy groups -OCH3 is 1. The molecule has 0 saturated carbocycles. The maximum absolute atomic E-state index is 12.5. The molecule has 4 nitrogen and oxygen atoms in total. The number of aromatic nitrogens is 1. The maximum Gasteiger partial charge on any atom is 0.354 e. The number of nitrogens with zero attached hydrogens (tertiary/aromatic N) is 1. The van der Waals surface area contributed by atoms with Gasteiger partial charge in [0.2, 0.25) is 0 Å². The molecule has 0 saturated heterocycles. The first-order chi connectivity index (χ1) is 6.97. The van der Waals surface area contributed by atoms with Gasteiger partial charge in [-0.3, -0.25) is 0 Å². The highest BCUT2D eigenvalue weighted by molar-refractivity contribution is 5.85. The van der Waals surface area contributed by atoms with Gasteiger partial charge in [-0.1, -0.05) is 0 Å². The van der Waals surface area contributed by atoms with Crippen molar-refractivity contribution in [3.05, 3.63) is 23.0 Å². The summed E-state index contributed by atoms with van der Waals surface area (Å²) in [5.41, 5.74) is -0.737. The van der Waals surface area contributed by atoms with Crippen molar-refractivity contribution in [3.8, 4) is 5.75 Å². The number of aryl methyl sites for hydroxylation is 1. The lowest BCUT2D eigenvalue weighted by Gasteiger charge is -2.10. The van der Waals surface area contributed by atoms with Crippen LogP contribution in [-0.4, -0.2) is 23.2 Å². The lowest BCUT2D eigenvalue weighted by Crippen LogP contribution is -2.06. The number of aromatic carboxylic acids is 1. The zero-order valence-electron chi connectivity index (χ0n) is 8.12. The predicted octanol–water partition coefficient (Wildman–Crippen LogP) is 2.03. The molecule has 0 aliphatic heterocycles. The summed E-state index contributed by atoms with van der Waals surface area (Å²) in [5.74, 6) is -1.42. The van der Waals surface area contributed by atoms with Crippen molar-refractivity contribution in [2.45, 2.75) is 13.3 Å². The van der Waals surface area contributed by atoms with Crippen molar-refractivity contribution in [1.82, 2.24) is 4.98 Å². The van der Waals surface area contributed by atoms with Gasteiger partial charge in [-0.15, -0.1) is 0 Å². The van der Waals surface area contributed by atoms with Gasteiger partial charge in [-0.2, -0.15) is 0 Å². The first-order valence-electron chi connectivity index (χ1n) is 4.04. The third-order valence-electron chi connectivity index (χ3n) is 1.83. The topological polar surface area (TPSA) is 59.4 Å². The standard InChI is InChI=1S/C9H9F2NO3/c1-4-7(15-2)5(8(10)11)3-6(12-4)9(13)14/h3,8H,1-2H3,(H,13,14). The number of pyridine rings is 1. The van der Waals surface area contributed by atoms with Gasteiger partial charge in [0.1, 0.15) is 11.4 Å². The monoisotopic (exact) mass is 217 g/mol. The molecule has 0 atom stereocenters. The molecule has 0 aliphatic carbocycles. The molecule has 0 spiro atoms. The molecule has 1 aromatic heterocycles. The first-order valence-corrected chi connectivity index (χ1v) is 4.04. The Morgan fingerprint density at radius 2 is 2.20 bits per heavy atom. The van der Waals surface area contributed by atoms with Crippen LogP contribution in [0.3, 0.4) is 0 Å². The maximum atomic E-state index is 12.5. The Bertz CT molecular complexity index is 393. The number of halogens is 2. The molecular weight excluding hydrogens is 208 g/mol. The van der Waals surface area contributed by atoms with Gasteiger partial charge < -0.3 is 9.84 Å². The molecular formula is C9H9F2NO3. The van der Waals surface area contributed by atoms with E-state index in [1.54, 1.807) is 0 Å². The van der Waals surface area contributed by atoms with Crippen molar-refractivity contribution in [3.63, 3.8) is 0 Å². The van der Waals surface area contributed by atoms with Crippen LogP contribution in [0, 0.1) is 6.92 Å². The zero-order chi connectivity index (χ0) is 11.6. The molecule has 0 fully saturated rings. The summed E-state index contributed by atoms with van der Waals surface area (Å²) in [7, 11) is 1.23. The molecule has 0 unspecified atom stereocenters. The minimum atomic E-state index is -2.79. The molecule has 0 aromatic carbocycles. The Labute approximate surface area is 84.5 Å². The summed E-state index contributed by atoms with van der Waals surface area (Å²) >= 11 is 0. The molecule has 0 amide bonds. The number of carboxylic acids is 1. The number of carboxylic acid groups (broad SMARTS) is 1. The van der Waals surface area contributed by atoms with E-state index in [9.17, 15) is 13.6 Å². The molecule has 0 radical (unpaired) electrons. The molecule has 1 rings (SSSR count). The lowest BCUT2D eigenvalue weighted by atomic mass is 10.1. The fourth-order valence-electron chi connectivity index (χ4n) is 1.22. The highest BCUT2D eigenvalue weighted by atomic mass is 19.3. The van der Waals surface area contributed by atoms with Crippen molar-refractivity contribution >= 4 is 5.97 Å². The normalized spacial score (nSPS) is 10.5. The molecule has 0 aliphatic rings. The van der Waals surface area contributed by atoms with Crippen LogP contribution in [0.25, 0.3) is 0 Å². The summed E-state index contributed by atoms with van der Waals surface area (Å²) in [6, 6.07) is 0.818. The van der Waals surface area contributed by atoms with Crippen LogP contribution >= 0.6 is 0 Å². The third-order valence-corrected chi connectivity index (χ3v) is 1.83. The molecule has 15 heavy (non-hydrogen) atoms. The van der Waals surface area contributed by atoms with Crippen molar-refractivity contribution in [2.75, 3.05) is 7.11 Å². The number of rotatable bonds is 3. The van der Waals surface area contributed by atoms with E-state index in [0.29, 0.717) is 0 Å². The number of carbonyl (C=O) groups is 1. The lowest BCUT2D eigenvalue weighted by molar-refractivity contribution is 0.0689. The van der Waals surface area contributed by atoms with E-state index in [4.69, 9.17) is 9.84 Å². The summed E-state index contributed by atoms with van der Waals surface area (Å²) in [6.45, 7) is 1.41. The molecule has 1 aromatic rings. The molecule has 82 valence electrons. The van der Waals surface area contributed by atoms with Gasteiger partial charge >= 0.3 is 5.97 Å². The van der Waals surface area contributed by atoms with Crippen LogP contribution in [-0.2, 0) is 0 Å². The minimum absolute atomic E-state index is 0.0741. The van der Waals surface area contributed by atoms with Gasteiger partial charge in [-0.25, -0.2) is 18.6 Å². The average molecular weight is 217 g/mol. The fraction of sp³-hybridized carbons (Fsp3) is 0.333. The second kappa shape index (κ2) is 4.20. The molecule has 0 bridgehead atoms. The van der Waals surface area contributed by atoms with E-state index < -0.39 is 23.7 Å². The van der Waals surface area contributed by atoms with Crippen LogP contribution in [0.2, 0.25) is 0 Å². The summed E-state index contributed by atoms with van der Waals surface area (Å²) < 4.78 is 29.8. The van der Waals surface area contributed by atoms with Crippen LogP contribution in [0.5, 0.6) is 5.75 Å². The van der Waals surface area contributed by atoms with Gasteiger partial charge in [0.05, 0.1) is 18.4 Å². The fourth-order valence-corrected chi connectivity index (χ4v) is 1.22. The third kappa shape index (κ3) is 2.20. The summed E-state index contributed by atoms with van der Waals surface area (Å²) in [4.78, 5) is 14.2. The quantitative estimate of drug-likeness (QED) is 0.841. The van der Waals surface area contributed by atoms with Crippen LogP contribution in [0.15, 0.2) is 6.07 Å². The highest BCUT2D eigenvalue weighted by Gasteiger charge is 2.20. The number of ether oxygens (including phenoxy) is 1. The smallest absolute Gasteiger partial charge is 0.354 e. The number of hydrogen-bond acceptors (Lipinski definition) is 3. The van der Waals surface area contributed by atoms with Gasteiger partial charge in [-0.05, 0) is 13.0 Å². The predicted molar refractivity (Wildman–Crippen MR) is 47.4 cm³/mol. The zero-order valence-corrected chi connectivity index (χ0v) is 8.12. The van der Waals surface area contributed by atoms with Crippen molar-refractivity contribution in [1.29, 1.82) is 0 Å². The van der Waals surface area contributed by atoms with E-state index in [1.807, 2.05) is 0 Å². The van der Waals surface area contributed by atoms with Crippen molar-refractivity contribution < 1.29 is 23.4 Å². The summed E-state index contributed by atoms with van der Waals surface area (Å²) in [5, 5.41) is 8.63. The van der Waals surface area contributed by atoms with E-state index in [0.717, 1.165) is 6.07 Å². The van der Waals surface area contributed by atoms with Gasteiger partial charge in [0, 0.05) is 0 Å². The Morgan fingerprint density at radius 1 is 1.60 bits per heavy atom. The Kier molecular flexibility index (Phi) is 3.18. The average Bonchev–Trinajstić information content (AvgIpc) is 2.16. The molecule has 1 heterocycles. The Balaban J connectivity index is 3.38. The second-order valence-electron chi connectivity index (χ2n) is 2.82. The van der Waals surface area contributed by atoms with E-state index >= 15 is 0 Å². The second-order valence-corrected chi connectivity index (χ2v) is 2.82. The highest BCUT2D eigenvalue weighted by Crippen LogP contribution is 2.31. The van der Waals surface area contributed by atoms with E-state index in [-0.39, 0.29) is 11.4 Å². The largest absolute Gasteiger partial charge is 0.494 e. The Morgan fingerprint density at radius 3 is 2.60 bits per heavy atom. The molecule has 1 N–H and O–H groups in total. The number of alkyl halides is 2. The van der Waals surface area contributed by atoms with E-state index in [2.05, 4.69) is 4.98 Å². The van der Waals surface area contributed by atoms with Crippen LogP contribution in [0.4, 0.5) is 8.78 Å². The van der Waals surface area contributed by atoms with Gasteiger partial charge in [0.25, 0.3) is 6.43 Å². The van der Waals surface area contributed by atoms with Crippen molar-refractivity contribution in [2.24, 2.45) is 0 Å². The molecule has 6 heteroatoms. The van der Waals surface area contributed by atoms with Crippen LogP contribution < -0.4 is 4.74 Å².